The summed E-state index contributed by atoms with van der Waals surface area (Å²) in [7, 11) is -4.23. The first-order chi connectivity index (χ1) is 23.6. The summed E-state index contributed by atoms with van der Waals surface area (Å²) in [5.74, 6) is 0.537. The van der Waals surface area contributed by atoms with Gasteiger partial charge in [-0.15, -0.1) is 5.10 Å². The van der Waals surface area contributed by atoms with E-state index in [2.05, 4.69) is 35.8 Å². The van der Waals surface area contributed by atoms with Gasteiger partial charge in [-0.1, -0.05) is 24.9 Å². The third kappa shape index (κ3) is 9.29. The number of aromatic nitrogens is 3. The standard InChI is InChI=1S/C35H45ClF3N5O5S/c1-4-5-19-43-24-25(23-33(43,2)3)8-6-7-21-48-26-9-11-27(12-10-26)50(46,47)42-32(45)28-13-14-29(40-31(28)36)44-20-15-30(41-44)49-22-18-34(16-17-34)35(37,38)39/h9-15,20,25H,4-8,16-19,21-24H2,1-3H3,(H,42,45). The van der Waals surface area contributed by atoms with Crippen molar-refractivity contribution in [3.05, 3.63) is 59.4 Å². The third-order valence-electron chi connectivity index (χ3n) is 9.70. The second kappa shape index (κ2) is 15.5. The molecule has 1 saturated heterocycles. The van der Waals surface area contributed by atoms with Crippen molar-refractivity contribution >= 4 is 27.5 Å². The molecule has 1 aliphatic heterocycles. The number of alkyl halides is 3. The monoisotopic (exact) mass is 739 g/mol. The first-order valence-corrected chi connectivity index (χ1v) is 19.0. The average Bonchev–Trinajstić information content (AvgIpc) is 3.61. The van der Waals surface area contributed by atoms with Crippen LogP contribution >= 0.6 is 11.6 Å². The Morgan fingerprint density at radius 3 is 2.44 bits per heavy atom. The van der Waals surface area contributed by atoms with E-state index in [1.807, 2.05) is 4.72 Å². The molecule has 1 aliphatic carbocycles. The predicted molar refractivity (Wildman–Crippen MR) is 183 cm³/mol. The molecule has 1 atom stereocenters. The highest BCUT2D eigenvalue weighted by atomic mass is 35.5. The van der Waals surface area contributed by atoms with Crippen LogP contribution in [0.2, 0.25) is 5.15 Å². The van der Waals surface area contributed by atoms with Crippen LogP contribution in [0.25, 0.3) is 5.82 Å². The minimum Gasteiger partial charge on any atom is -0.494 e. The second-order valence-electron chi connectivity index (χ2n) is 13.9. The van der Waals surface area contributed by atoms with Gasteiger partial charge in [-0.3, -0.25) is 9.69 Å². The quantitative estimate of drug-likeness (QED) is 0.111. The molecule has 0 radical (unpaired) electrons. The van der Waals surface area contributed by atoms with Gasteiger partial charge in [-0.2, -0.15) is 13.2 Å². The SMILES string of the molecule is CCCCN1CC(CCCCOc2ccc(S(=O)(=O)NC(=O)c3ccc(-n4ccc(OCCC5(C(F)(F)F)CC5)n4)nc3Cl)cc2)CC1(C)C. The van der Waals surface area contributed by atoms with E-state index in [0.29, 0.717) is 18.3 Å². The van der Waals surface area contributed by atoms with Gasteiger partial charge in [0, 0.05) is 24.3 Å². The molecule has 274 valence electrons. The number of hydrogen-bond donors (Lipinski definition) is 1. The summed E-state index contributed by atoms with van der Waals surface area (Å²) in [5, 5.41) is 3.87. The zero-order chi connectivity index (χ0) is 36.2. The van der Waals surface area contributed by atoms with Gasteiger partial charge in [-0.05, 0) is 114 Å². The third-order valence-corrected chi connectivity index (χ3v) is 11.3. The maximum atomic E-state index is 13.1. The fraction of sp³-hybridized carbons (Fsp3) is 0.571. The molecular formula is C35H45ClF3N5O5S. The van der Waals surface area contributed by atoms with Crippen LogP contribution in [-0.2, 0) is 10.0 Å². The Morgan fingerprint density at radius 2 is 1.78 bits per heavy atom. The smallest absolute Gasteiger partial charge is 0.394 e. The largest absolute Gasteiger partial charge is 0.494 e. The molecule has 2 fully saturated rings. The van der Waals surface area contributed by atoms with E-state index in [1.54, 1.807) is 12.1 Å². The number of unbranched alkanes of at least 4 members (excludes halogenated alkanes) is 2. The van der Waals surface area contributed by atoms with Crippen LogP contribution in [-0.4, -0.2) is 72.0 Å². The molecule has 3 aromatic rings. The predicted octanol–water partition coefficient (Wildman–Crippen LogP) is 7.60. The highest BCUT2D eigenvalue weighted by Crippen LogP contribution is 2.59. The van der Waals surface area contributed by atoms with Gasteiger partial charge in [0.15, 0.2) is 5.82 Å². The van der Waals surface area contributed by atoms with Gasteiger partial charge in [0.25, 0.3) is 15.9 Å². The van der Waals surface area contributed by atoms with Gasteiger partial charge >= 0.3 is 6.18 Å². The van der Waals surface area contributed by atoms with E-state index in [0.717, 1.165) is 32.4 Å². The normalized spacial score (nSPS) is 18.6. The molecule has 5 rings (SSSR count). The number of halogens is 4. The Morgan fingerprint density at radius 1 is 1.04 bits per heavy atom. The highest BCUT2D eigenvalue weighted by molar-refractivity contribution is 7.90. The first kappa shape index (κ1) is 37.9. The van der Waals surface area contributed by atoms with Crippen LogP contribution in [0.1, 0.15) is 88.9 Å². The van der Waals surface area contributed by atoms with Gasteiger partial charge in [0.05, 0.1) is 29.1 Å². The van der Waals surface area contributed by atoms with Crippen LogP contribution in [0.4, 0.5) is 13.2 Å². The number of carbonyl (C=O) groups excluding carboxylic acids is 1. The lowest BCUT2D eigenvalue weighted by atomic mass is 9.93. The summed E-state index contributed by atoms with van der Waals surface area (Å²) in [6, 6.07) is 9.99. The second-order valence-corrected chi connectivity index (χ2v) is 16.0. The molecule has 10 nitrogen and oxygen atoms in total. The van der Waals surface area contributed by atoms with E-state index >= 15 is 0 Å². The van der Waals surface area contributed by atoms with Crippen molar-refractivity contribution < 1.29 is 35.9 Å². The molecule has 3 heterocycles. The number of hydrogen-bond acceptors (Lipinski definition) is 8. The van der Waals surface area contributed by atoms with Crippen LogP contribution in [0.3, 0.4) is 0 Å². The number of amides is 1. The number of ether oxygens (including phenoxy) is 2. The minimum absolute atomic E-state index is 0.0945. The topological polar surface area (TPSA) is 116 Å². The van der Waals surface area contributed by atoms with Crippen LogP contribution in [0, 0.1) is 11.3 Å². The van der Waals surface area contributed by atoms with E-state index in [9.17, 15) is 26.4 Å². The average molecular weight is 740 g/mol. The molecule has 1 unspecified atom stereocenters. The van der Waals surface area contributed by atoms with Gasteiger partial charge in [0.1, 0.15) is 10.9 Å². The van der Waals surface area contributed by atoms with Crippen molar-refractivity contribution in [3.63, 3.8) is 0 Å². The zero-order valence-corrected chi connectivity index (χ0v) is 30.2. The van der Waals surface area contributed by atoms with E-state index in [1.165, 1.54) is 60.5 Å². The van der Waals surface area contributed by atoms with Gasteiger partial charge in [-0.25, -0.2) is 22.8 Å². The number of nitrogens with zero attached hydrogens (tertiary/aromatic N) is 4. The minimum atomic E-state index is -4.26. The fourth-order valence-corrected chi connectivity index (χ4v) is 7.68. The van der Waals surface area contributed by atoms with Crippen molar-refractivity contribution in [1.82, 2.24) is 24.4 Å². The molecule has 50 heavy (non-hydrogen) atoms. The number of carbonyl (C=O) groups is 1. The lowest BCUT2D eigenvalue weighted by Crippen LogP contribution is -2.38. The molecule has 1 aromatic carbocycles. The Hall–Kier alpha value is -3.36. The number of likely N-dealkylation sites (tertiary alicyclic amines) is 1. The van der Waals surface area contributed by atoms with Crippen molar-refractivity contribution in [1.29, 1.82) is 0 Å². The Labute approximate surface area is 296 Å². The number of pyridine rings is 1. The van der Waals surface area contributed by atoms with Crippen LogP contribution in [0.5, 0.6) is 11.6 Å². The molecule has 0 spiro atoms. The lowest BCUT2D eigenvalue weighted by Gasteiger charge is -2.31. The first-order valence-electron chi connectivity index (χ1n) is 17.1. The van der Waals surface area contributed by atoms with Crippen LogP contribution in [0.15, 0.2) is 53.6 Å². The maximum absolute atomic E-state index is 13.1. The van der Waals surface area contributed by atoms with Crippen LogP contribution < -0.4 is 14.2 Å². The summed E-state index contributed by atoms with van der Waals surface area (Å²) in [4.78, 5) is 19.5. The number of rotatable bonds is 17. The molecule has 0 bridgehead atoms. The summed E-state index contributed by atoms with van der Waals surface area (Å²) in [5.41, 5.74) is -1.60. The fourth-order valence-electron chi connectivity index (χ4n) is 6.48. The summed E-state index contributed by atoms with van der Waals surface area (Å²) in [6.45, 7) is 9.58. The number of nitrogens with one attached hydrogen (secondary N) is 1. The van der Waals surface area contributed by atoms with Gasteiger partial charge in [0.2, 0.25) is 5.88 Å². The molecule has 15 heteroatoms. The summed E-state index contributed by atoms with van der Waals surface area (Å²) < 4.78 is 79.9. The van der Waals surface area contributed by atoms with Crippen molar-refractivity contribution in [2.75, 3.05) is 26.3 Å². The number of benzene rings is 1. The maximum Gasteiger partial charge on any atom is 0.394 e. The molecule has 1 saturated carbocycles. The highest BCUT2D eigenvalue weighted by Gasteiger charge is 2.62. The molecule has 1 amide bonds. The van der Waals surface area contributed by atoms with E-state index in [4.69, 9.17) is 21.1 Å². The summed E-state index contributed by atoms with van der Waals surface area (Å²) >= 11 is 6.24. The molecule has 1 N–H and O–H groups in total. The lowest BCUT2D eigenvalue weighted by molar-refractivity contribution is -0.190. The Balaban J connectivity index is 1.07. The Kier molecular flexibility index (Phi) is 11.7. The zero-order valence-electron chi connectivity index (χ0n) is 28.6. The number of sulfonamides is 1. The van der Waals surface area contributed by atoms with E-state index in [-0.39, 0.29) is 58.7 Å². The molecule has 2 aromatic heterocycles. The summed E-state index contributed by atoms with van der Waals surface area (Å²) in [6.07, 6.45) is 4.01. The van der Waals surface area contributed by atoms with Crippen molar-refractivity contribution in [2.45, 2.75) is 95.2 Å². The molecular weight excluding hydrogens is 695 g/mol. The molecule has 2 aliphatic rings. The van der Waals surface area contributed by atoms with Crippen molar-refractivity contribution in [2.24, 2.45) is 11.3 Å². The Bertz CT molecular complexity index is 1730. The van der Waals surface area contributed by atoms with E-state index < -0.39 is 27.5 Å². The van der Waals surface area contributed by atoms with Gasteiger partial charge < -0.3 is 9.47 Å². The van der Waals surface area contributed by atoms with Crippen molar-refractivity contribution in [3.8, 4) is 17.4 Å².